The summed E-state index contributed by atoms with van der Waals surface area (Å²) in [4.78, 5) is 21.2. The van der Waals surface area contributed by atoms with Gasteiger partial charge < -0.3 is 24.8 Å². The largest absolute Gasteiger partial charge is 0.460 e. The van der Waals surface area contributed by atoms with Crippen LogP contribution in [-0.4, -0.2) is 50.5 Å². The molecule has 5 atom stereocenters. The molecule has 3 heterocycles. The Labute approximate surface area is 230 Å². The van der Waals surface area contributed by atoms with E-state index in [9.17, 15) is 14.5 Å². The van der Waals surface area contributed by atoms with Gasteiger partial charge in [-0.25, -0.2) is 14.5 Å². The quantitative estimate of drug-likeness (QED) is 0.179. The first-order valence-corrected chi connectivity index (χ1v) is 14.2. The number of carbonyl (C=O) groups is 1. The van der Waals surface area contributed by atoms with Crippen molar-refractivity contribution in [3.05, 3.63) is 84.8 Å². The van der Waals surface area contributed by atoms with E-state index in [4.69, 9.17) is 24.3 Å². The predicted molar refractivity (Wildman–Crippen MR) is 146 cm³/mol. The lowest BCUT2D eigenvalue weighted by atomic mass is 10.2. The van der Waals surface area contributed by atoms with Gasteiger partial charge in [-0.15, -0.1) is 0 Å². The third-order valence-corrected chi connectivity index (χ3v) is 7.90. The van der Waals surface area contributed by atoms with Gasteiger partial charge >= 0.3 is 13.7 Å². The summed E-state index contributed by atoms with van der Waals surface area (Å²) in [7, 11) is -4.11. The number of nitrogen functional groups attached to an aromatic ring is 1. The summed E-state index contributed by atoms with van der Waals surface area (Å²) in [5.74, 6) is -0.349. The third-order valence-electron chi connectivity index (χ3n) is 6.26. The Morgan fingerprint density at radius 2 is 1.90 bits per heavy atom. The summed E-state index contributed by atoms with van der Waals surface area (Å²) in [5.41, 5.74) is 8.21. The van der Waals surface area contributed by atoms with E-state index < -0.39 is 38.2 Å². The number of aromatic nitrogens is 3. The molecule has 1 aliphatic heterocycles. The van der Waals surface area contributed by atoms with Crippen LogP contribution in [0.5, 0.6) is 5.75 Å². The molecule has 12 nitrogen and oxygen atoms in total. The molecular formula is C27H30N5O7P. The van der Waals surface area contributed by atoms with Crippen molar-refractivity contribution in [1.29, 1.82) is 0 Å². The molecule has 1 fully saturated rings. The van der Waals surface area contributed by atoms with E-state index in [0.717, 1.165) is 5.56 Å². The van der Waals surface area contributed by atoms with Crippen LogP contribution in [0.1, 0.15) is 25.1 Å². The fraction of sp³-hybridized carbons (Fsp3) is 0.296. The van der Waals surface area contributed by atoms with Crippen molar-refractivity contribution in [2.24, 2.45) is 0 Å². The highest BCUT2D eigenvalue weighted by molar-refractivity contribution is 7.52. The van der Waals surface area contributed by atoms with Crippen LogP contribution in [0.3, 0.4) is 0 Å². The molecule has 0 amide bonds. The zero-order valence-corrected chi connectivity index (χ0v) is 22.6. The summed E-state index contributed by atoms with van der Waals surface area (Å²) in [6.07, 6.45) is 0.872. The number of pyridine rings is 1. The van der Waals surface area contributed by atoms with E-state index in [0.29, 0.717) is 16.9 Å². The predicted octanol–water partition coefficient (Wildman–Crippen LogP) is 3.59. The molecular weight excluding hydrogens is 537 g/mol. The summed E-state index contributed by atoms with van der Waals surface area (Å²) in [5, 5.41) is 13.4. The van der Waals surface area contributed by atoms with Gasteiger partial charge in [-0.3, -0.25) is 13.9 Å². The Balaban J connectivity index is 1.25. The lowest BCUT2D eigenvalue weighted by Gasteiger charge is -2.24. The number of nitrogens with two attached hydrogens (primary N) is 1. The normalized spacial score (nSPS) is 21.1. The second kappa shape index (κ2) is 12.2. The second-order valence-electron chi connectivity index (χ2n) is 9.32. The van der Waals surface area contributed by atoms with Gasteiger partial charge in [0.25, 0.3) is 0 Å². The molecule has 2 aromatic heterocycles. The molecule has 40 heavy (non-hydrogen) atoms. The molecule has 210 valence electrons. The van der Waals surface area contributed by atoms with Gasteiger partial charge in [0.2, 0.25) is 0 Å². The van der Waals surface area contributed by atoms with Crippen molar-refractivity contribution in [2.75, 3.05) is 12.3 Å². The number of fused-ring (bicyclic) bond motifs is 1. The van der Waals surface area contributed by atoms with Gasteiger partial charge in [0.05, 0.1) is 24.7 Å². The number of hydrogen-bond acceptors (Lipinski definition) is 10. The van der Waals surface area contributed by atoms with E-state index >= 15 is 0 Å². The number of nitrogens with zero attached hydrogens (tertiary/aromatic N) is 3. The zero-order chi connectivity index (χ0) is 28.1. The van der Waals surface area contributed by atoms with E-state index in [1.807, 2.05) is 30.3 Å². The van der Waals surface area contributed by atoms with Crippen LogP contribution in [0, 0.1) is 0 Å². The smallest absolute Gasteiger partial charge is 0.459 e. The Kier molecular flexibility index (Phi) is 8.43. The Morgan fingerprint density at radius 1 is 1.18 bits per heavy atom. The van der Waals surface area contributed by atoms with Crippen molar-refractivity contribution in [2.45, 2.75) is 44.4 Å². The molecule has 1 saturated heterocycles. The number of esters is 1. The number of nitrogens with one attached hydrogen (secondary N) is 1. The molecule has 0 bridgehead atoms. The molecule has 0 aliphatic carbocycles. The monoisotopic (exact) mass is 567 g/mol. The van der Waals surface area contributed by atoms with E-state index in [-0.39, 0.29) is 25.4 Å². The summed E-state index contributed by atoms with van der Waals surface area (Å²) in [6.45, 7) is 1.38. The highest BCUT2D eigenvalue weighted by Gasteiger charge is 2.39. The van der Waals surface area contributed by atoms with Gasteiger partial charge in [-0.05, 0) is 30.7 Å². The first-order chi connectivity index (χ1) is 19.3. The molecule has 13 heteroatoms. The average Bonchev–Trinajstić information content (AvgIpc) is 3.55. The molecule has 1 aliphatic rings. The topological polar surface area (TPSA) is 160 Å². The van der Waals surface area contributed by atoms with Crippen LogP contribution in [0.15, 0.2) is 79.3 Å². The van der Waals surface area contributed by atoms with E-state index in [1.54, 1.807) is 47.2 Å². The number of rotatable bonds is 11. The first-order valence-electron chi connectivity index (χ1n) is 12.7. The molecule has 4 aromatic rings. The average molecular weight is 568 g/mol. The van der Waals surface area contributed by atoms with Gasteiger partial charge in [0.1, 0.15) is 30.0 Å². The molecule has 1 unspecified atom stereocenters. The number of ether oxygens (including phenoxy) is 2. The summed E-state index contributed by atoms with van der Waals surface area (Å²) >= 11 is 0. The minimum atomic E-state index is -4.11. The molecule has 0 spiro atoms. The van der Waals surface area contributed by atoms with Crippen molar-refractivity contribution < 1.29 is 33.0 Å². The van der Waals surface area contributed by atoms with Crippen LogP contribution < -0.4 is 15.3 Å². The summed E-state index contributed by atoms with van der Waals surface area (Å²) in [6, 6.07) is 18.3. The number of aliphatic hydroxyl groups excluding tert-OH is 1. The Morgan fingerprint density at radius 3 is 2.65 bits per heavy atom. The molecule has 5 rings (SSSR count). The maximum absolute atomic E-state index is 13.8. The molecule has 2 aromatic carbocycles. The standard InChI is InChI=1S/C27H30N5O7P/c1-18(27(34)36-15-19-8-4-2-5-9-19)31-40(35,39-20-10-6-3-7-11-20)37-16-21-14-23(33)26(38-21)32-17-30-24-22(28)12-13-29-25(24)32/h2-13,17-18,21,23,26,33H,14-16H2,1H3,(H2,28,29)(H,31,35)/t18-,21-,23-,26+,40?/m0/s1. The summed E-state index contributed by atoms with van der Waals surface area (Å²) < 4.78 is 38.2. The van der Waals surface area contributed by atoms with E-state index in [2.05, 4.69) is 15.1 Å². The number of para-hydroxylation sites is 1. The zero-order valence-electron chi connectivity index (χ0n) is 21.7. The van der Waals surface area contributed by atoms with Crippen LogP contribution >= 0.6 is 7.75 Å². The van der Waals surface area contributed by atoms with Crippen molar-refractivity contribution in [3.63, 3.8) is 0 Å². The highest BCUT2D eigenvalue weighted by atomic mass is 31.2. The number of imidazole rings is 1. The van der Waals surface area contributed by atoms with Gasteiger partial charge in [0.15, 0.2) is 11.9 Å². The van der Waals surface area contributed by atoms with E-state index in [1.165, 1.54) is 13.3 Å². The minimum absolute atomic E-state index is 0.0645. The Bertz CT molecular complexity index is 1490. The molecule has 0 radical (unpaired) electrons. The van der Waals surface area contributed by atoms with Crippen molar-refractivity contribution in [1.82, 2.24) is 19.6 Å². The molecule has 4 N–H and O–H groups in total. The number of carbonyl (C=O) groups excluding carboxylic acids is 1. The number of benzene rings is 2. The number of anilines is 1. The van der Waals surface area contributed by atoms with Crippen LogP contribution in [-0.2, 0) is 30.0 Å². The maximum atomic E-state index is 13.8. The fourth-order valence-corrected chi connectivity index (χ4v) is 5.78. The Hall–Kier alpha value is -3.80. The van der Waals surface area contributed by atoms with Gasteiger partial charge in [-0.2, -0.15) is 5.09 Å². The maximum Gasteiger partial charge on any atom is 0.459 e. The van der Waals surface area contributed by atoms with Crippen LogP contribution in [0.25, 0.3) is 11.2 Å². The second-order valence-corrected chi connectivity index (χ2v) is 11.0. The minimum Gasteiger partial charge on any atom is -0.460 e. The SMILES string of the molecule is C[C@H](NP(=O)(OC[C@@H]1C[C@H](O)[C@H](n2cnc3c(N)ccnc32)O1)Oc1ccccc1)C(=O)OCc1ccccc1. The van der Waals surface area contributed by atoms with Crippen molar-refractivity contribution >= 4 is 30.6 Å². The highest BCUT2D eigenvalue weighted by Crippen LogP contribution is 2.46. The van der Waals surface area contributed by atoms with Crippen molar-refractivity contribution in [3.8, 4) is 5.75 Å². The number of hydrogen-bond donors (Lipinski definition) is 3. The fourth-order valence-electron chi connectivity index (χ4n) is 4.26. The first kappa shape index (κ1) is 27.8. The van der Waals surface area contributed by atoms with Crippen LogP contribution in [0.2, 0.25) is 0 Å². The molecule has 0 saturated carbocycles. The number of aliphatic hydroxyl groups is 1. The van der Waals surface area contributed by atoms with Crippen LogP contribution in [0.4, 0.5) is 5.69 Å². The lowest BCUT2D eigenvalue weighted by molar-refractivity contribution is -0.146. The third kappa shape index (κ3) is 6.49. The van der Waals surface area contributed by atoms with Gasteiger partial charge in [0, 0.05) is 12.6 Å². The van der Waals surface area contributed by atoms with Gasteiger partial charge in [-0.1, -0.05) is 48.5 Å². The lowest BCUT2D eigenvalue weighted by Crippen LogP contribution is -2.35.